The maximum atomic E-state index is 12.3. The van der Waals surface area contributed by atoms with Gasteiger partial charge in [0.15, 0.2) is 5.71 Å². The molecule has 0 radical (unpaired) electrons. The van der Waals surface area contributed by atoms with Crippen molar-refractivity contribution in [1.29, 1.82) is 0 Å². The summed E-state index contributed by atoms with van der Waals surface area (Å²) in [6.45, 7) is 4.66. The number of rotatable bonds is 26. The van der Waals surface area contributed by atoms with Crippen LogP contribution in [-0.2, 0) is 75.3 Å². The van der Waals surface area contributed by atoms with Gasteiger partial charge in [-0.3, -0.25) is 27.8 Å². The fraction of sp³-hybridized carbons (Fsp3) is 0.478. The van der Waals surface area contributed by atoms with Crippen molar-refractivity contribution < 1.29 is 80.4 Å². The summed E-state index contributed by atoms with van der Waals surface area (Å²) < 4.78 is 142. The van der Waals surface area contributed by atoms with Gasteiger partial charge in [-0.2, -0.15) is 38.2 Å². The number of imide groups is 1. The van der Waals surface area contributed by atoms with E-state index >= 15 is 0 Å². The topological polar surface area (TPSA) is 297 Å². The molecule has 2 amide bonds. The molecule has 2 aromatic rings. The van der Waals surface area contributed by atoms with Crippen molar-refractivity contribution in [3.8, 4) is 0 Å². The molecule has 70 heavy (non-hydrogen) atoms. The van der Waals surface area contributed by atoms with E-state index in [1.807, 2.05) is 29.4 Å². The van der Waals surface area contributed by atoms with E-state index in [4.69, 9.17) is 9.57 Å². The number of hydroxylamine groups is 2. The summed E-state index contributed by atoms with van der Waals surface area (Å²) in [7, 11) is -16.4. The Hall–Kier alpha value is -4.92. The quantitative estimate of drug-likeness (QED) is 0.0285. The fourth-order valence-corrected chi connectivity index (χ4v) is 11.2. The van der Waals surface area contributed by atoms with Crippen LogP contribution in [0.4, 0.5) is 11.4 Å². The minimum atomic E-state index is -4.64. The number of hydrogen-bond donors (Lipinski definition) is 4. The Morgan fingerprint density at radius 1 is 0.700 bits per heavy atom. The molecule has 1 saturated heterocycles. The Kier molecular flexibility index (Phi) is 18.5. The molecule has 24 heteroatoms. The zero-order chi connectivity index (χ0) is 51.7. The lowest BCUT2D eigenvalue weighted by atomic mass is 9.76. The lowest BCUT2D eigenvalue weighted by molar-refractivity contribution is -0.438. The second-order valence-corrected chi connectivity index (χ2v) is 23.7. The highest BCUT2D eigenvalue weighted by molar-refractivity contribution is 7.86. The molecule has 3 heterocycles. The molecule has 2 unspecified atom stereocenters. The van der Waals surface area contributed by atoms with Crippen LogP contribution in [0.25, 0.3) is 0 Å². The molecule has 384 valence electrons. The highest BCUT2D eigenvalue weighted by atomic mass is 32.2. The first-order valence-electron chi connectivity index (χ1n) is 22.5. The summed E-state index contributed by atoms with van der Waals surface area (Å²) in [5, 5.41) is 0.515. The van der Waals surface area contributed by atoms with Crippen molar-refractivity contribution in [3.05, 3.63) is 95.8 Å². The first kappa shape index (κ1) is 56.0. The summed E-state index contributed by atoms with van der Waals surface area (Å²) in [5.41, 5.74) is 1.63. The van der Waals surface area contributed by atoms with Crippen molar-refractivity contribution in [2.75, 3.05) is 43.2 Å². The van der Waals surface area contributed by atoms with Crippen molar-refractivity contribution in [3.63, 3.8) is 0 Å². The molecule has 3 aliphatic heterocycles. The zero-order valence-electron chi connectivity index (χ0n) is 39.1. The third kappa shape index (κ3) is 14.4. The van der Waals surface area contributed by atoms with Crippen molar-refractivity contribution >= 4 is 75.3 Å². The maximum Gasteiger partial charge on any atom is 0.333 e. The van der Waals surface area contributed by atoms with E-state index in [0.29, 0.717) is 84.2 Å². The average molecular weight is 1060 g/mol. The number of methoxy groups -OCH3 is 1. The number of amides is 2. The Labute approximate surface area is 409 Å². The molecule has 4 N–H and O–H groups in total. The average Bonchev–Trinajstić information content (AvgIpc) is 3.79. The third-order valence-electron chi connectivity index (χ3n) is 12.6. The van der Waals surface area contributed by atoms with Crippen LogP contribution in [0.15, 0.2) is 94.4 Å². The number of benzene rings is 2. The molecule has 0 aromatic heterocycles. The van der Waals surface area contributed by atoms with Gasteiger partial charge in [-0.1, -0.05) is 43.2 Å². The lowest BCUT2D eigenvalue weighted by Crippen LogP contribution is -2.32. The number of unbranched alkanes of at least 4 members (excludes halogenated alkanes) is 4. The number of nitrogens with zero attached hydrogens (tertiary/aromatic N) is 3. The second kappa shape index (κ2) is 23.1. The minimum Gasteiger partial charge on any atom is -0.383 e. The molecule has 2 aromatic carbocycles. The molecule has 0 bridgehead atoms. The highest BCUT2D eigenvalue weighted by Gasteiger charge is 2.48. The molecule has 0 spiro atoms. The van der Waals surface area contributed by atoms with Gasteiger partial charge in [0.1, 0.15) is 6.54 Å². The number of anilines is 1. The first-order chi connectivity index (χ1) is 32.7. The molecule has 2 atom stereocenters. The molecule has 20 nitrogen and oxygen atoms in total. The Bertz CT molecular complexity index is 2930. The van der Waals surface area contributed by atoms with Gasteiger partial charge < -0.3 is 14.5 Å². The largest absolute Gasteiger partial charge is 0.383 e. The molecular formula is C46H60N3O17S4+. The minimum absolute atomic E-state index is 0.00292. The van der Waals surface area contributed by atoms with Gasteiger partial charge in [-0.05, 0) is 94.3 Å². The SMILES string of the molecule is COCCN1C(=CC=CC=CC=CC2=[N+](CCCCCCCC(=O)ON3C(=O)CCC3=O)c3ccc(S(=O)(=O)O)cc3C2(C)CCCS(=O)(=O)O)C(C)(CCCS(=O)(=O)O)c2cc(S(=O)(=O)O)ccc21. The molecular weight excluding hydrogens is 995 g/mol. The van der Waals surface area contributed by atoms with Crippen LogP contribution in [0.2, 0.25) is 0 Å². The zero-order valence-corrected chi connectivity index (χ0v) is 42.4. The van der Waals surface area contributed by atoms with E-state index in [1.54, 1.807) is 48.6 Å². The second-order valence-electron chi connectivity index (χ2n) is 17.7. The van der Waals surface area contributed by atoms with E-state index in [9.17, 15) is 66.3 Å². The normalized spacial score (nSPS) is 20.6. The monoisotopic (exact) mass is 1050 g/mol. The molecule has 0 saturated carbocycles. The van der Waals surface area contributed by atoms with E-state index in [0.717, 1.165) is 0 Å². The van der Waals surface area contributed by atoms with Gasteiger partial charge >= 0.3 is 5.97 Å². The molecule has 5 rings (SSSR count). The third-order valence-corrected chi connectivity index (χ3v) is 15.9. The van der Waals surface area contributed by atoms with E-state index < -0.39 is 80.6 Å². The van der Waals surface area contributed by atoms with E-state index in [2.05, 4.69) is 0 Å². The van der Waals surface area contributed by atoms with Gasteiger partial charge in [0.25, 0.3) is 52.3 Å². The number of fused-ring (bicyclic) bond motifs is 2. The van der Waals surface area contributed by atoms with E-state index in [-0.39, 0.29) is 61.3 Å². The van der Waals surface area contributed by atoms with Crippen LogP contribution >= 0.6 is 0 Å². The first-order valence-corrected chi connectivity index (χ1v) is 28.6. The van der Waals surface area contributed by atoms with Crippen LogP contribution in [-0.4, -0.2) is 123 Å². The van der Waals surface area contributed by atoms with Gasteiger partial charge in [0.2, 0.25) is 5.69 Å². The maximum absolute atomic E-state index is 12.3. The smallest absolute Gasteiger partial charge is 0.333 e. The molecule has 1 fully saturated rings. The molecule has 0 aliphatic carbocycles. The summed E-state index contributed by atoms with van der Waals surface area (Å²) >= 11 is 0. The number of carbonyl (C=O) groups is 3. The Morgan fingerprint density at radius 3 is 1.84 bits per heavy atom. The van der Waals surface area contributed by atoms with Crippen LogP contribution in [0.3, 0.4) is 0 Å². The highest BCUT2D eigenvalue weighted by Crippen LogP contribution is 2.51. The summed E-state index contributed by atoms with van der Waals surface area (Å²) in [4.78, 5) is 42.0. The van der Waals surface area contributed by atoms with Gasteiger partial charge in [0, 0.05) is 73.8 Å². The van der Waals surface area contributed by atoms with Crippen LogP contribution in [0.1, 0.15) is 102 Å². The van der Waals surface area contributed by atoms with Gasteiger partial charge in [-0.25, -0.2) is 4.79 Å². The van der Waals surface area contributed by atoms with Crippen molar-refractivity contribution in [2.24, 2.45) is 0 Å². The summed E-state index contributed by atoms with van der Waals surface area (Å²) in [6.07, 6.45) is 15.7. The standard InChI is InChI=1S/C46H59N3O17S4/c1-45(25-14-30-67(53,54)55)36-32-34(69(59,60)61)19-21-38(36)47(27-13-9-5-8-12-18-44(52)66-49-42(50)23-24-43(49)51)40(45)16-10-6-4-7-11-17-41-46(2,26-15-31-68(56,57)58)37-33-35(70(62,63)64)20-22-39(37)48(41)28-29-65-3/h4,6-7,10-11,16-17,19-22,32-33H,5,8-9,12-15,18,23-31H2,1-3H3,(H3-,53,54,55,56,57,58,59,60,61,62,63,64)/p+1. The predicted octanol–water partition coefficient (Wildman–Crippen LogP) is 5.80. The number of ether oxygens (including phenoxy) is 1. The van der Waals surface area contributed by atoms with Crippen LogP contribution in [0, 0.1) is 0 Å². The van der Waals surface area contributed by atoms with E-state index in [1.165, 1.54) is 31.4 Å². The number of hydrogen-bond acceptors (Lipinski definition) is 14. The molecule has 3 aliphatic rings. The van der Waals surface area contributed by atoms with Crippen molar-refractivity contribution in [2.45, 2.75) is 112 Å². The Morgan fingerprint density at radius 2 is 1.24 bits per heavy atom. The van der Waals surface area contributed by atoms with Gasteiger partial charge in [-0.15, -0.1) is 5.06 Å². The summed E-state index contributed by atoms with van der Waals surface area (Å²) in [6, 6.07) is 8.39. The fourth-order valence-electron chi connectivity index (χ4n) is 9.15. The predicted molar refractivity (Wildman–Crippen MR) is 258 cm³/mol. The van der Waals surface area contributed by atoms with Crippen LogP contribution < -0.4 is 4.90 Å². The lowest BCUT2D eigenvalue weighted by Gasteiger charge is -2.30. The summed E-state index contributed by atoms with van der Waals surface area (Å²) in [5.74, 6) is -2.89. The number of carbonyl (C=O) groups excluding carboxylic acids is 3. The number of allylic oxidation sites excluding steroid dienone is 8. The van der Waals surface area contributed by atoms with Gasteiger partial charge in [0.05, 0.1) is 33.3 Å². The Balaban J connectivity index is 1.41. The van der Waals surface area contributed by atoms with Crippen LogP contribution in [0.5, 0.6) is 0 Å². The van der Waals surface area contributed by atoms with Crippen molar-refractivity contribution in [1.82, 2.24) is 5.06 Å².